The van der Waals surface area contributed by atoms with Crippen molar-refractivity contribution in [3.63, 3.8) is 0 Å². The van der Waals surface area contributed by atoms with Crippen molar-refractivity contribution in [2.75, 3.05) is 0 Å². The second-order valence-corrected chi connectivity index (χ2v) is 3.02. The van der Waals surface area contributed by atoms with Crippen LogP contribution in [0.1, 0.15) is 12.5 Å². The van der Waals surface area contributed by atoms with Gasteiger partial charge < -0.3 is 15.6 Å². The zero-order chi connectivity index (χ0) is 10.6. The molecule has 0 amide bonds. The highest BCUT2D eigenvalue weighted by Gasteiger charge is 2.06. The van der Waals surface area contributed by atoms with Crippen molar-refractivity contribution in [1.82, 2.24) is 0 Å². The van der Waals surface area contributed by atoms with Crippen LogP contribution < -0.4 is 10.5 Å². The number of hydrogen-bond donors (Lipinski definition) is 3. The van der Waals surface area contributed by atoms with Crippen LogP contribution in [-0.4, -0.2) is 17.0 Å². The van der Waals surface area contributed by atoms with E-state index in [1.54, 1.807) is 31.2 Å². The first-order chi connectivity index (χ1) is 6.63. The summed E-state index contributed by atoms with van der Waals surface area (Å²) in [6, 6.07) is 7.01. The summed E-state index contributed by atoms with van der Waals surface area (Å²) in [5.41, 5.74) is 6.08. The summed E-state index contributed by atoms with van der Waals surface area (Å²) in [4.78, 5) is 0. The molecular formula is C10H14N2O2. The number of nitrogens with two attached hydrogens (primary N) is 1. The minimum Gasteiger partial charge on any atom is -0.483 e. The molecule has 0 spiro atoms. The van der Waals surface area contributed by atoms with Crippen LogP contribution in [0, 0.1) is 5.41 Å². The molecule has 14 heavy (non-hydrogen) atoms. The number of amidine groups is 1. The monoisotopic (exact) mass is 194 g/mol. The molecule has 0 bridgehead atoms. The quantitative estimate of drug-likeness (QED) is 0.491. The maximum atomic E-state index is 8.80. The lowest BCUT2D eigenvalue weighted by Gasteiger charge is -2.12. The Morgan fingerprint density at radius 1 is 1.50 bits per heavy atom. The van der Waals surface area contributed by atoms with Crippen LogP contribution in [-0.2, 0) is 6.61 Å². The highest BCUT2D eigenvalue weighted by molar-refractivity contribution is 5.81. The minimum atomic E-state index is -0.421. The zero-order valence-electron chi connectivity index (χ0n) is 8.03. The van der Waals surface area contributed by atoms with E-state index in [4.69, 9.17) is 21.0 Å². The van der Waals surface area contributed by atoms with Gasteiger partial charge in [0.15, 0.2) is 6.10 Å². The Labute approximate surface area is 82.8 Å². The van der Waals surface area contributed by atoms with Crippen molar-refractivity contribution >= 4 is 5.84 Å². The predicted molar refractivity (Wildman–Crippen MR) is 54.4 cm³/mol. The van der Waals surface area contributed by atoms with Crippen molar-refractivity contribution in [1.29, 1.82) is 5.41 Å². The first kappa shape index (κ1) is 10.5. The summed E-state index contributed by atoms with van der Waals surface area (Å²) in [6.45, 7) is 1.73. The van der Waals surface area contributed by atoms with Gasteiger partial charge >= 0.3 is 0 Å². The van der Waals surface area contributed by atoms with E-state index in [9.17, 15) is 0 Å². The molecule has 0 saturated heterocycles. The zero-order valence-corrected chi connectivity index (χ0v) is 8.03. The topological polar surface area (TPSA) is 79.3 Å². The summed E-state index contributed by atoms with van der Waals surface area (Å²) < 4.78 is 5.34. The van der Waals surface area contributed by atoms with Gasteiger partial charge in [0.2, 0.25) is 0 Å². The second-order valence-electron chi connectivity index (χ2n) is 3.02. The molecule has 0 radical (unpaired) electrons. The van der Waals surface area contributed by atoms with Crippen LogP contribution in [0.5, 0.6) is 5.75 Å². The Kier molecular flexibility index (Phi) is 3.48. The summed E-state index contributed by atoms with van der Waals surface area (Å²) in [5.74, 6) is 0.640. The van der Waals surface area contributed by atoms with Gasteiger partial charge in [-0.05, 0) is 24.6 Å². The third-order valence-electron chi connectivity index (χ3n) is 1.86. The third kappa shape index (κ3) is 2.74. The molecule has 0 aromatic heterocycles. The van der Waals surface area contributed by atoms with Gasteiger partial charge in [-0.25, -0.2) is 0 Å². The molecule has 0 aliphatic heterocycles. The largest absolute Gasteiger partial charge is 0.483 e. The van der Waals surface area contributed by atoms with Gasteiger partial charge in [-0.2, -0.15) is 0 Å². The van der Waals surface area contributed by atoms with Gasteiger partial charge in [-0.15, -0.1) is 0 Å². The number of nitrogens with one attached hydrogen (secondary N) is 1. The smallest absolute Gasteiger partial charge is 0.152 e. The molecule has 1 rings (SSSR count). The molecule has 4 N–H and O–H groups in total. The maximum absolute atomic E-state index is 8.80. The Morgan fingerprint density at radius 2 is 2.07 bits per heavy atom. The normalized spacial score (nSPS) is 12.1. The molecule has 4 nitrogen and oxygen atoms in total. The average Bonchev–Trinajstić information content (AvgIpc) is 2.19. The van der Waals surface area contributed by atoms with Gasteiger partial charge in [0, 0.05) is 0 Å². The lowest BCUT2D eigenvalue weighted by molar-refractivity contribution is 0.278. The van der Waals surface area contributed by atoms with Crippen molar-refractivity contribution in [3.8, 4) is 5.75 Å². The van der Waals surface area contributed by atoms with Crippen LogP contribution in [0.4, 0.5) is 0 Å². The Balaban J connectivity index is 2.64. The van der Waals surface area contributed by atoms with E-state index in [0.717, 1.165) is 5.56 Å². The van der Waals surface area contributed by atoms with Gasteiger partial charge in [-0.1, -0.05) is 12.1 Å². The molecular weight excluding hydrogens is 180 g/mol. The third-order valence-corrected chi connectivity index (χ3v) is 1.86. The highest BCUT2D eigenvalue weighted by Crippen LogP contribution is 2.13. The van der Waals surface area contributed by atoms with E-state index < -0.39 is 6.10 Å². The number of benzene rings is 1. The van der Waals surface area contributed by atoms with E-state index in [2.05, 4.69) is 0 Å². The van der Waals surface area contributed by atoms with E-state index >= 15 is 0 Å². The highest BCUT2D eigenvalue weighted by atomic mass is 16.5. The molecule has 0 aliphatic carbocycles. The molecule has 0 fully saturated rings. The fourth-order valence-corrected chi connectivity index (χ4v) is 0.941. The van der Waals surface area contributed by atoms with Crippen LogP contribution >= 0.6 is 0 Å². The Hall–Kier alpha value is -1.55. The standard InChI is InChI=1S/C10H14N2O2/c1-7(10(11)12)14-9-4-2-8(6-13)3-5-9/h2-5,7,13H,6H2,1H3,(H3,11,12). The van der Waals surface area contributed by atoms with Gasteiger partial charge in [0.05, 0.1) is 6.61 Å². The molecule has 1 aromatic carbocycles. The molecule has 0 saturated carbocycles. The fraction of sp³-hybridized carbons (Fsp3) is 0.300. The van der Waals surface area contributed by atoms with E-state index in [-0.39, 0.29) is 12.4 Å². The van der Waals surface area contributed by atoms with Crippen molar-refractivity contribution < 1.29 is 9.84 Å². The average molecular weight is 194 g/mol. The molecule has 1 aromatic rings. The molecule has 0 heterocycles. The SMILES string of the molecule is CC(Oc1ccc(CO)cc1)C(=N)N. The first-order valence-corrected chi connectivity index (χ1v) is 4.34. The number of rotatable bonds is 4. The summed E-state index contributed by atoms with van der Waals surface area (Å²) >= 11 is 0. The maximum Gasteiger partial charge on any atom is 0.152 e. The fourth-order valence-electron chi connectivity index (χ4n) is 0.941. The van der Waals surface area contributed by atoms with Gasteiger partial charge in [0.25, 0.3) is 0 Å². The van der Waals surface area contributed by atoms with E-state index in [1.165, 1.54) is 0 Å². The number of hydrogen-bond acceptors (Lipinski definition) is 3. The van der Waals surface area contributed by atoms with Crippen LogP contribution in [0.15, 0.2) is 24.3 Å². The van der Waals surface area contributed by atoms with Gasteiger partial charge in [0.1, 0.15) is 11.6 Å². The second kappa shape index (κ2) is 4.62. The van der Waals surface area contributed by atoms with Gasteiger partial charge in [-0.3, -0.25) is 5.41 Å². The molecule has 76 valence electrons. The molecule has 1 unspecified atom stereocenters. The van der Waals surface area contributed by atoms with Crippen LogP contribution in [0.3, 0.4) is 0 Å². The minimum absolute atomic E-state index is 0.00349. The first-order valence-electron chi connectivity index (χ1n) is 4.34. The molecule has 1 atom stereocenters. The van der Waals surface area contributed by atoms with E-state index in [1.807, 2.05) is 0 Å². The molecule has 0 aliphatic rings. The number of aliphatic hydroxyl groups excluding tert-OH is 1. The van der Waals surface area contributed by atoms with Crippen molar-refractivity contribution in [3.05, 3.63) is 29.8 Å². The van der Waals surface area contributed by atoms with E-state index in [0.29, 0.717) is 5.75 Å². The molecule has 4 heteroatoms. The van der Waals surface area contributed by atoms with Crippen LogP contribution in [0.2, 0.25) is 0 Å². The lowest BCUT2D eigenvalue weighted by atomic mass is 10.2. The van der Waals surface area contributed by atoms with Crippen molar-refractivity contribution in [2.24, 2.45) is 5.73 Å². The summed E-state index contributed by atoms with van der Waals surface area (Å²) in [6.07, 6.45) is -0.421. The Bertz CT molecular complexity index is 308. The van der Waals surface area contributed by atoms with Crippen LogP contribution in [0.25, 0.3) is 0 Å². The summed E-state index contributed by atoms with van der Waals surface area (Å²) in [5, 5.41) is 15.9. The summed E-state index contributed by atoms with van der Waals surface area (Å²) in [7, 11) is 0. The Morgan fingerprint density at radius 3 is 2.50 bits per heavy atom. The predicted octanol–water partition coefficient (Wildman–Crippen LogP) is 0.882. The number of aliphatic hydroxyl groups is 1. The van der Waals surface area contributed by atoms with Crippen molar-refractivity contribution in [2.45, 2.75) is 19.6 Å². The number of ether oxygens (including phenoxy) is 1. The lowest BCUT2D eigenvalue weighted by Crippen LogP contribution is -2.29.